The van der Waals surface area contributed by atoms with Gasteiger partial charge in [0.05, 0.1) is 6.54 Å². The highest BCUT2D eigenvalue weighted by atomic mass is 16.5. The van der Waals surface area contributed by atoms with E-state index in [4.69, 9.17) is 4.74 Å². The zero-order valence-corrected chi connectivity index (χ0v) is 12.2. The van der Waals surface area contributed by atoms with Crippen LogP contribution in [0.15, 0.2) is 24.3 Å². The molecule has 0 aromatic heterocycles. The fourth-order valence-electron chi connectivity index (χ4n) is 3.01. The lowest BCUT2D eigenvalue weighted by molar-refractivity contribution is -0.134. The predicted molar refractivity (Wildman–Crippen MR) is 77.7 cm³/mol. The monoisotopic (exact) mass is 288 g/mol. The summed E-state index contributed by atoms with van der Waals surface area (Å²) in [5.41, 5.74) is 1.46. The van der Waals surface area contributed by atoms with Crippen LogP contribution in [0.25, 0.3) is 0 Å². The van der Waals surface area contributed by atoms with Crippen molar-refractivity contribution in [1.29, 1.82) is 0 Å². The zero-order valence-electron chi connectivity index (χ0n) is 12.2. The molecule has 1 spiro atoms. The summed E-state index contributed by atoms with van der Waals surface area (Å²) in [5.74, 6) is -0.113. The first-order chi connectivity index (χ1) is 10.1. The van der Waals surface area contributed by atoms with Gasteiger partial charge in [-0.05, 0) is 17.5 Å². The number of ether oxygens (including phenoxy) is 1. The van der Waals surface area contributed by atoms with E-state index >= 15 is 0 Å². The van der Waals surface area contributed by atoms with Crippen LogP contribution < -0.4 is 5.32 Å². The van der Waals surface area contributed by atoms with Crippen molar-refractivity contribution in [1.82, 2.24) is 10.2 Å². The molecule has 0 saturated carbocycles. The van der Waals surface area contributed by atoms with E-state index in [1.54, 1.807) is 0 Å². The minimum atomic E-state index is -0.738. The van der Waals surface area contributed by atoms with Crippen LogP contribution >= 0.6 is 0 Å². The molecule has 112 valence electrons. The summed E-state index contributed by atoms with van der Waals surface area (Å²) >= 11 is 0. The van der Waals surface area contributed by atoms with Crippen molar-refractivity contribution in [3.05, 3.63) is 35.4 Å². The van der Waals surface area contributed by atoms with Crippen LogP contribution in [0.5, 0.6) is 0 Å². The van der Waals surface area contributed by atoms with Gasteiger partial charge in [0.1, 0.15) is 5.54 Å². The van der Waals surface area contributed by atoms with E-state index in [1.165, 1.54) is 10.5 Å². The normalized spacial score (nSPS) is 20.9. The molecule has 0 atom stereocenters. The number of amides is 3. The molecule has 5 heteroatoms. The number of carbonyl (C=O) groups excluding carboxylic acids is 2. The maximum atomic E-state index is 12.6. The van der Waals surface area contributed by atoms with Crippen molar-refractivity contribution in [3.63, 3.8) is 0 Å². The van der Waals surface area contributed by atoms with Gasteiger partial charge in [-0.1, -0.05) is 31.2 Å². The largest absolute Gasteiger partial charge is 0.381 e. The Morgan fingerprint density at radius 1 is 1.24 bits per heavy atom. The molecular weight excluding hydrogens is 268 g/mol. The number of urea groups is 1. The molecule has 0 unspecified atom stereocenters. The van der Waals surface area contributed by atoms with E-state index in [1.807, 2.05) is 12.1 Å². The Kier molecular flexibility index (Phi) is 3.68. The standard InChI is InChI=1S/C16H20N2O3/c1-2-12-4-3-5-13(10-12)11-18-14(19)16(17-15(18)20)6-8-21-9-7-16/h3-5,10H,2,6-9,11H2,1H3,(H,17,20). The molecule has 2 fully saturated rings. The first kappa shape index (κ1) is 14.1. The summed E-state index contributed by atoms with van der Waals surface area (Å²) in [6, 6.07) is 7.74. The summed E-state index contributed by atoms with van der Waals surface area (Å²) < 4.78 is 5.30. The minimum Gasteiger partial charge on any atom is -0.381 e. The van der Waals surface area contributed by atoms with Crippen molar-refractivity contribution in [3.8, 4) is 0 Å². The van der Waals surface area contributed by atoms with Gasteiger partial charge >= 0.3 is 6.03 Å². The molecule has 2 heterocycles. The number of carbonyl (C=O) groups is 2. The molecule has 3 rings (SSSR count). The van der Waals surface area contributed by atoms with Crippen LogP contribution in [0.4, 0.5) is 4.79 Å². The van der Waals surface area contributed by atoms with Gasteiger partial charge in [0, 0.05) is 26.1 Å². The van der Waals surface area contributed by atoms with Gasteiger partial charge < -0.3 is 10.1 Å². The Morgan fingerprint density at radius 2 is 1.95 bits per heavy atom. The Balaban J connectivity index is 1.79. The van der Waals surface area contributed by atoms with E-state index in [0.717, 1.165) is 12.0 Å². The van der Waals surface area contributed by atoms with Crippen LogP contribution in [0.2, 0.25) is 0 Å². The van der Waals surface area contributed by atoms with Crippen LogP contribution in [0, 0.1) is 0 Å². The number of nitrogens with one attached hydrogen (secondary N) is 1. The van der Waals surface area contributed by atoms with Crippen LogP contribution in [0.1, 0.15) is 30.9 Å². The minimum absolute atomic E-state index is 0.113. The van der Waals surface area contributed by atoms with Gasteiger partial charge in [-0.15, -0.1) is 0 Å². The quantitative estimate of drug-likeness (QED) is 0.864. The van der Waals surface area contributed by atoms with E-state index in [2.05, 4.69) is 24.4 Å². The number of benzene rings is 1. The van der Waals surface area contributed by atoms with Gasteiger partial charge in [0.25, 0.3) is 5.91 Å². The maximum absolute atomic E-state index is 12.6. The number of nitrogens with zero attached hydrogens (tertiary/aromatic N) is 1. The first-order valence-corrected chi connectivity index (χ1v) is 7.44. The second kappa shape index (κ2) is 5.48. The first-order valence-electron chi connectivity index (χ1n) is 7.44. The average molecular weight is 288 g/mol. The molecule has 1 aromatic rings. The number of aryl methyl sites for hydroxylation is 1. The molecule has 2 saturated heterocycles. The topological polar surface area (TPSA) is 58.6 Å². The van der Waals surface area contributed by atoms with Gasteiger partial charge in [-0.2, -0.15) is 0 Å². The third kappa shape index (κ3) is 2.53. The summed E-state index contributed by atoms with van der Waals surface area (Å²) in [6.45, 7) is 3.46. The molecule has 1 N–H and O–H groups in total. The van der Waals surface area contributed by atoms with Gasteiger partial charge in [0.15, 0.2) is 0 Å². The Hall–Kier alpha value is -1.88. The lowest BCUT2D eigenvalue weighted by Crippen LogP contribution is -2.51. The molecule has 21 heavy (non-hydrogen) atoms. The molecule has 3 amide bonds. The summed E-state index contributed by atoms with van der Waals surface area (Å²) in [5, 5.41) is 2.88. The Bertz CT molecular complexity index is 564. The van der Waals surface area contributed by atoms with Gasteiger partial charge in [-0.25, -0.2) is 4.79 Å². The highest BCUT2D eigenvalue weighted by Crippen LogP contribution is 2.29. The second-order valence-electron chi connectivity index (χ2n) is 5.69. The summed E-state index contributed by atoms with van der Waals surface area (Å²) in [6.07, 6.45) is 2.06. The number of hydrogen-bond donors (Lipinski definition) is 1. The number of rotatable bonds is 3. The van der Waals surface area contributed by atoms with Crippen LogP contribution in [0.3, 0.4) is 0 Å². The fourth-order valence-corrected chi connectivity index (χ4v) is 3.01. The lowest BCUT2D eigenvalue weighted by atomic mass is 9.90. The van der Waals surface area contributed by atoms with Crippen molar-refractivity contribution >= 4 is 11.9 Å². The summed E-state index contributed by atoms with van der Waals surface area (Å²) in [7, 11) is 0. The van der Waals surface area contributed by atoms with Gasteiger partial charge in [-0.3, -0.25) is 9.69 Å². The van der Waals surface area contributed by atoms with Crippen molar-refractivity contribution in [2.24, 2.45) is 0 Å². The Labute approximate surface area is 124 Å². The highest BCUT2D eigenvalue weighted by molar-refractivity contribution is 6.07. The van der Waals surface area contributed by atoms with Crippen molar-refractivity contribution in [2.75, 3.05) is 13.2 Å². The molecule has 2 aliphatic heterocycles. The SMILES string of the molecule is CCc1cccc(CN2C(=O)NC3(CCOCC3)C2=O)c1. The van der Waals surface area contributed by atoms with E-state index in [-0.39, 0.29) is 11.9 Å². The smallest absolute Gasteiger partial charge is 0.325 e. The van der Waals surface area contributed by atoms with Crippen molar-refractivity contribution in [2.45, 2.75) is 38.3 Å². The predicted octanol–water partition coefficient (Wildman–Crippen LogP) is 1.85. The Morgan fingerprint density at radius 3 is 2.67 bits per heavy atom. The summed E-state index contributed by atoms with van der Waals surface area (Å²) in [4.78, 5) is 26.1. The maximum Gasteiger partial charge on any atom is 0.325 e. The zero-order chi connectivity index (χ0) is 14.9. The third-order valence-electron chi connectivity index (χ3n) is 4.33. The molecule has 0 aliphatic carbocycles. The van der Waals surface area contributed by atoms with E-state index in [9.17, 15) is 9.59 Å². The second-order valence-corrected chi connectivity index (χ2v) is 5.69. The van der Waals surface area contributed by atoms with Crippen molar-refractivity contribution < 1.29 is 14.3 Å². The van der Waals surface area contributed by atoms with Crippen LogP contribution in [-0.2, 0) is 22.5 Å². The average Bonchev–Trinajstić information content (AvgIpc) is 2.73. The van der Waals surface area contributed by atoms with Crippen LogP contribution in [-0.4, -0.2) is 35.6 Å². The molecule has 0 bridgehead atoms. The van der Waals surface area contributed by atoms with E-state index < -0.39 is 5.54 Å². The lowest BCUT2D eigenvalue weighted by Gasteiger charge is -2.30. The molecule has 2 aliphatic rings. The molecule has 0 radical (unpaired) electrons. The molecular formula is C16H20N2O3. The number of imide groups is 1. The van der Waals surface area contributed by atoms with E-state index in [0.29, 0.717) is 32.6 Å². The van der Waals surface area contributed by atoms with Gasteiger partial charge in [0.2, 0.25) is 0 Å². The molecule has 5 nitrogen and oxygen atoms in total. The fraction of sp³-hybridized carbons (Fsp3) is 0.500. The highest BCUT2D eigenvalue weighted by Gasteiger charge is 2.51. The number of hydrogen-bond acceptors (Lipinski definition) is 3. The molecule has 1 aromatic carbocycles. The third-order valence-corrected chi connectivity index (χ3v) is 4.33.